The minimum absolute atomic E-state index is 0.00865. The third kappa shape index (κ3) is 5.20. The molecule has 0 bridgehead atoms. The molecule has 9 nitrogen and oxygen atoms in total. The van der Waals surface area contributed by atoms with Gasteiger partial charge in [0.25, 0.3) is 11.8 Å². The highest BCUT2D eigenvalue weighted by Crippen LogP contribution is 2.32. The highest BCUT2D eigenvalue weighted by atomic mass is 35.5. The van der Waals surface area contributed by atoms with Gasteiger partial charge in [-0.3, -0.25) is 19.3 Å². The van der Waals surface area contributed by atoms with Gasteiger partial charge in [0.2, 0.25) is 5.91 Å². The summed E-state index contributed by atoms with van der Waals surface area (Å²) in [6, 6.07) is 11.5. The number of benzene rings is 1. The van der Waals surface area contributed by atoms with Crippen molar-refractivity contribution < 1.29 is 14.4 Å². The molecule has 3 aromatic rings. The maximum Gasteiger partial charge on any atom is 0.270 e. The van der Waals surface area contributed by atoms with Crippen molar-refractivity contribution in [2.75, 3.05) is 52.4 Å². The normalized spacial score (nSPS) is 18.6. The van der Waals surface area contributed by atoms with Crippen LogP contribution in [0.1, 0.15) is 47.5 Å². The van der Waals surface area contributed by atoms with Gasteiger partial charge >= 0.3 is 0 Å². The van der Waals surface area contributed by atoms with Crippen molar-refractivity contribution in [3.63, 3.8) is 0 Å². The van der Waals surface area contributed by atoms with Crippen molar-refractivity contribution in [1.29, 1.82) is 0 Å². The van der Waals surface area contributed by atoms with Crippen molar-refractivity contribution in [3.05, 3.63) is 59.0 Å². The minimum atomic E-state index is -0.111. The highest BCUT2D eigenvalue weighted by Gasteiger charge is 2.36. The first kappa shape index (κ1) is 26.8. The third-order valence-corrected chi connectivity index (χ3v) is 8.58. The first-order valence-corrected chi connectivity index (χ1v) is 14.6. The summed E-state index contributed by atoms with van der Waals surface area (Å²) >= 11 is 6.24. The molecule has 6 rings (SSSR count). The summed E-state index contributed by atoms with van der Waals surface area (Å²) in [5, 5.41) is 1.14. The van der Waals surface area contributed by atoms with Crippen LogP contribution in [0.3, 0.4) is 0 Å². The highest BCUT2D eigenvalue weighted by molar-refractivity contribution is 6.29. The van der Waals surface area contributed by atoms with E-state index < -0.39 is 0 Å². The van der Waals surface area contributed by atoms with Crippen molar-refractivity contribution in [3.8, 4) is 5.69 Å². The first-order valence-electron chi connectivity index (χ1n) is 14.2. The quantitative estimate of drug-likeness (QED) is 0.444. The number of hydrogen-bond donors (Lipinski definition) is 0. The molecule has 1 saturated carbocycles. The van der Waals surface area contributed by atoms with Crippen LogP contribution < -0.4 is 0 Å². The molecule has 0 N–H and O–H groups in total. The predicted molar refractivity (Wildman–Crippen MR) is 154 cm³/mol. The Bertz CT molecular complexity index is 1450. The van der Waals surface area contributed by atoms with Crippen molar-refractivity contribution in [2.24, 2.45) is 5.92 Å². The number of rotatable bonds is 5. The smallest absolute Gasteiger partial charge is 0.270 e. The van der Waals surface area contributed by atoms with E-state index in [0.717, 1.165) is 42.5 Å². The number of hydrogen-bond acceptors (Lipinski definition) is 5. The number of pyridine rings is 1. The van der Waals surface area contributed by atoms with Crippen molar-refractivity contribution in [1.82, 2.24) is 29.2 Å². The van der Waals surface area contributed by atoms with E-state index in [4.69, 9.17) is 11.6 Å². The zero-order chi connectivity index (χ0) is 28.0. The maximum absolute atomic E-state index is 13.9. The van der Waals surface area contributed by atoms with Crippen LogP contribution in [0.4, 0.5) is 0 Å². The Hall–Kier alpha value is -3.43. The number of carbonyl (C=O) groups is 3. The van der Waals surface area contributed by atoms with Gasteiger partial charge in [-0.05, 0) is 63.1 Å². The number of aromatic nitrogens is 2. The van der Waals surface area contributed by atoms with Crippen LogP contribution in [0.15, 0.2) is 42.6 Å². The van der Waals surface area contributed by atoms with Crippen LogP contribution in [0.2, 0.25) is 5.15 Å². The number of carbonyl (C=O) groups excluding carboxylic acids is 3. The van der Waals surface area contributed by atoms with E-state index >= 15 is 0 Å². The molecular weight excluding hydrogens is 528 g/mol. The van der Waals surface area contributed by atoms with E-state index in [2.05, 4.69) is 23.7 Å². The molecular formula is C30H35ClN6O3. The van der Waals surface area contributed by atoms with E-state index in [0.29, 0.717) is 61.7 Å². The lowest BCUT2D eigenvalue weighted by Gasteiger charge is -2.37. The van der Waals surface area contributed by atoms with Gasteiger partial charge in [0.15, 0.2) is 0 Å². The summed E-state index contributed by atoms with van der Waals surface area (Å²) in [4.78, 5) is 51.9. The predicted octanol–water partition coefficient (Wildman–Crippen LogP) is 3.54. The van der Waals surface area contributed by atoms with Crippen LogP contribution in [-0.2, 0) is 4.79 Å². The van der Waals surface area contributed by atoms with Crippen LogP contribution in [0, 0.1) is 5.92 Å². The van der Waals surface area contributed by atoms with Crippen LogP contribution >= 0.6 is 11.6 Å². The van der Waals surface area contributed by atoms with E-state index in [1.807, 2.05) is 49.6 Å². The Morgan fingerprint density at radius 1 is 0.825 bits per heavy atom. The molecule has 210 valence electrons. The second kappa shape index (κ2) is 10.9. The van der Waals surface area contributed by atoms with Gasteiger partial charge in [-0.25, -0.2) is 4.98 Å². The molecule has 4 heterocycles. The summed E-state index contributed by atoms with van der Waals surface area (Å²) in [6.07, 6.45) is 3.57. The van der Waals surface area contributed by atoms with Crippen molar-refractivity contribution >= 4 is 40.2 Å². The molecule has 0 spiro atoms. The van der Waals surface area contributed by atoms with Gasteiger partial charge in [-0.2, -0.15) is 0 Å². The molecule has 10 heteroatoms. The second-order valence-electron chi connectivity index (χ2n) is 11.3. The fourth-order valence-corrected chi connectivity index (χ4v) is 5.99. The van der Waals surface area contributed by atoms with Gasteiger partial charge in [0, 0.05) is 81.5 Å². The number of amides is 3. The molecule has 0 unspecified atom stereocenters. The standard InChI is InChI=1S/C30H35ClN6O3/c1-20(2)33-9-11-35(12-10-33)29(39)22-5-6-25-23(17-22)18-26(37(25)24-7-8-32-27(31)19-24)30(40)36-15-13-34(14-16-36)28(38)21-3-4-21/h5-8,17-21H,3-4,9-16H2,1-2H3. The summed E-state index contributed by atoms with van der Waals surface area (Å²) in [5.74, 6) is 0.294. The fraction of sp³-hybridized carbons (Fsp3) is 0.467. The van der Waals surface area contributed by atoms with Gasteiger partial charge < -0.3 is 19.3 Å². The number of piperazine rings is 2. The largest absolute Gasteiger partial charge is 0.339 e. The summed E-state index contributed by atoms with van der Waals surface area (Å²) in [5.41, 5.74) is 2.65. The molecule has 1 aromatic carbocycles. The number of nitrogens with zero attached hydrogens (tertiary/aromatic N) is 6. The molecule has 3 amide bonds. The average Bonchev–Trinajstić information content (AvgIpc) is 3.76. The number of halogens is 1. The van der Waals surface area contributed by atoms with Crippen molar-refractivity contribution in [2.45, 2.75) is 32.7 Å². The first-order chi connectivity index (χ1) is 19.3. The van der Waals surface area contributed by atoms with E-state index in [9.17, 15) is 14.4 Å². The van der Waals surface area contributed by atoms with Gasteiger partial charge in [0.1, 0.15) is 10.8 Å². The lowest BCUT2D eigenvalue weighted by atomic mass is 10.1. The lowest BCUT2D eigenvalue weighted by molar-refractivity contribution is -0.134. The molecule has 2 aliphatic heterocycles. The van der Waals surface area contributed by atoms with Crippen LogP contribution in [0.25, 0.3) is 16.6 Å². The van der Waals surface area contributed by atoms with Gasteiger partial charge in [0.05, 0.1) is 11.2 Å². The third-order valence-electron chi connectivity index (χ3n) is 8.37. The Kier molecular flexibility index (Phi) is 7.27. The van der Waals surface area contributed by atoms with E-state index in [-0.39, 0.29) is 23.6 Å². The molecule has 0 atom stereocenters. The molecule has 40 heavy (non-hydrogen) atoms. The Labute approximate surface area is 239 Å². The monoisotopic (exact) mass is 562 g/mol. The topological polar surface area (TPSA) is 82.0 Å². The summed E-state index contributed by atoms with van der Waals surface area (Å²) < 4.78 is 1.89. The average molecular weight is 563 g/mol. The SMILES string of the molecule is CC(C)N1CCN(C(=O)c2ccc3c(c2)cc(C(=O)N2CCN(C(=O)C4CC4)CC2)n3-c2ccnc(Cl)c2)CC1. The molecule has 3 aliphatic rings. The summed E-state index contributed by atoms with van der Waals surface area (Å²) in [6.45, 7) is 9.55. The Morgan fingerprint density at radius 2 is 1.48 bits per heavy atom. The molecule has 2 saturated heterocycles. The van der Waals surface area contributed by atoms with Crippen LogP contribution in [0.5, 0.6) is 0 Å². The zero-order valence-electron chi connectivity index (χ0n) is 23.1. The molecule has 2 aromatic heterocycles. The maximum atomic E-state index is 13.9. The zero-order valence-corrected chi connectivity index (χ0v) is 23.8. The second-order valence-corrected chi connectivity index (χ2v) is 11.7. The lowest BCUT2D eigenvalue weighted by Crippen LogP contribution is -2.51. The van der Waals surface area contributed by atoms with Gasteiger partial charge in [-0.1, -0.05) is 11.6 Å². The van der Waals surface area contributed by atoms with E-state index in [1.165, 1.54) is 0 Å². The Morgan fingerprint density at radius 3 is 2.12 bits per heavy atom. The van der Waals surface area contributed by atoms with E-state index in [1.54, 1.807) is 12.3 Å². The molecule has 1 aliphatic carbocycles. The van der Waals surface area contributed by atoms with Crippen LogP contribution in [-0.4, -0.2) is 105 Å². The Balaban J connectivity index is 1.29. The molecule has 3 fully saturated rings. The minimum Gasteiger partial charge on any atom is -0.339 e. The fourth-order valence-electron chi connectivity index (χ4n) is 5.82. The molecule has 0 radical (unpaired) electrons. The van der Waals surface area contributed by atoms with Gasteiger partial charge in [-0.15, -0.1) is 0 Å². The number of fused-ring (bicyclic) bond motifs is 1. The summed E-state index contributed by atoms with van der Waals surface area (Å²) in [7, 11) is 0.